The van der Waals surface area contributed by atoms with Gasteiger partial charge in [-0.2, -0.15) is 0 Å². The van der Waals surface area contributed by atoms with Gasteiger partial charge in [0.15, 0.2) is 0 Å². The van der Waals surface area contributed by atoms with E-state index in [0.29, 0.717) is 28.9 Å². The second-order valence-corrected chi connectivity index (χ2v) is 5.78. The van der Waals surface area contributed by atoms with Gasteiger partial charge in [-0.1, -0.05) is 36.4 Å². The number of benzene rings is 2. The van der Waals surface area contributed by atoms with Crippen molar-refractivity contribution in [3.8, 4) is 5.75 Å². The number of fused-ring (bicyclic) bond motifs is 1. The van der Waals surface area contributed by atoms with Crippen LogP contribution in [0.15, 0.2) is 53.3 Å². The Hall–Kier alpha value is -3.22. The molecule has 2 aromatic carbocycles. The molecule has 3 aromatic rings. The summed E-state index contributed by atoms with van der Waals surface area (Å²) in [6.07, 6.45) is 0.987. The van der Waals surface area contributed by atoms with E-state index in [1.54, 1.807) is 30.3 Å². The zero-order valence-electron chi connectivity index (χ0n) is 14.5. The molecule has 134 valence electrons. The highest BCUT2D eigenvalue weighted by Gasteiger charge is 2.10. The Morgan fingerprint density at radius 1 is 1.15 bits per heavy atom. The van der Waals surface area contributed by atoms with Gasteiger partial charge in [0.25, 0.3) is 5.56 Å². The topological polar surface area (TPSA) is 86.1 Å². The minimum atomic E-state index is -0.255. The van der Waals surface area contributed by atoms with Crippen LogP contribution in [-0.2, 0) is 11.3 Å². The zero-order valence-corrected chi connectivity index (χ0v) is 14.5. The fourth-order valence-corrected chi connectivity index (χ4v) is 2.50. The maximum absolute atomic E-state index is 12.4. The quantitative estimate of drug-likeness (QED) is 0.706. The van der Waals surface area contributed by atoms with Gasteiger partial charge in [-0.05, 0) is 30.7 Å². The second-order valence-electron chi connectivity index (χ2n) is 5.78. The Morgan fingerprint density at radius 2 is 1.92 bits per heavy atom. The summed E-state index contributed by atoms with van der Waals surface area (Å²) in [4.78, 5) is 24.6. The van der Waals surface area contributed by atoms with Crippen LogP contribution >= 0.6 is 0 Å². The number of nitrogens with one attached hydrogen (secondary N) is 1. The average Bonchev–Trinajstić information content (AvgIpc) is 2.67. The first-order valence-corrected chi connectivity index (χ1v) is 8.53. The zero-order chi connectivity index (χ0) is 18.4. The van der Waals surface area contributed by atoms with Crippen LogP contribution in [0.1, 0.15) is 19.8 Å². The number of rotatable bonds is 7. The minimum Gasteiger partial charge on any atom is -0.491 e. The number of ether oxygens (including phenoxy) is 1. The molecule has 0 bridgehead atoms. The SMILES string of the molecule is CCCOc1ccccc1NC(=O)CCn1nnc2ccccc2c1=O. The lowest BCUT2D eigenvalue weighted by molar-refractivity contribution is -0.116. The molecule has 0 saturated carbocycles. The van der Waals surface area contributed by atoms with Gasteiger partial charge in [-0.25, -0.2) is 4.68 Å². The van der Waals surface area contributed by atoms with E-state index >= 15 is 0 Å². The second kappa shape index (κ2) is 8.24. The van der Waals surface area contributed by atoms with E-state index in [1.807, 2.05) is 25.1 Å². The van der Waals surface area contributed by atoms with E-state index in [4.69, 9.17) is 4.74 Å². The van der Waals surface area contributed by atoms with Crippen molar-refractivity contribution in [2.24, 2.45) is 0 Å². The van der Waals surface area contributed by atoms with Gasteiger partial charge < -0.3 is 10.1 Å². The predicted molar refractivity (Wildman–Crippen MR) is 99.3 cm³/mol. The Bertz CT molecular complexity index is 968. The van der Waals surface area contributed by atoms with Crippen LogP contribution in [0.3, 0.4) is 0 Å². The Morgan fingerprint density at radius 3 is 2.77 bits per heavy atom. The molecule has 1 heterocycles. The van der Waals surface area contributed by atoms with E-state index in [0.717, 1.165) is 6.42 Å². The number of aromatic nitrogens is 3. The number of carbonyl (C=O) groups excluding carboxylic acids is 1. The molecule has 7 nitrogen and oxygen atoms in total. The Balaban J connectivity index is 1.67. The lowest BCUT2D eigenvalue weighted by Gasteiger charge is -2.12. The highest BCUT2D eigenvalue weighted by molar-refractivity contribution is 5.92. The molecule has 0 spiro atoms. The summed E-state index contributed by atoms with van der Waals surface area (Å²) in [7, 11) is 0. The molecule has 7 heteroatoms. The third kappa shape index (κ3) is 4.05. The molecule has 0 saturated heterocycles. The molecule has 1 N–H and O–H groups in total. The Kier molecular flexibility index (Phi) is 5.58. The number of amides is 1. The minimum absolute atomic E-state index is 0.106. The average molecular weight is 352 g/mol. The summed E-state index contributed by atoms with van der Waals surface area (Å²) in [5.74, 6) is 0.407. The fraction of sp³-hybridized carbons (Fsp3) is 0.263. The maximum atomic E-state index is 12.4. The van der Waals surface area contributed by atoms with Gasteiger partial charge in [0.1, 0.15) is 11.3 Å². The highest BCUT2D eigenvalue weighted by atomic mass is 16.5. The van der Waals surface area contributed by atoms with Gasteiger partial charge in [0.05, 0.1) is 24.2 Å². The molecule has 1 amide bonds. The first kappa shape index (κ1) is 17.6. The number of anilines is 1. The number of hydrogen-bond donors (Lipinski definition) is 1. The summed E-state index contributed by atoms with van der Waals surface area (Å²) < 4.78 is 6.83. The number of carbonyl (C=O) groups is 1. The van der Waals surface area contributed by atoms with Crippen LogP contribution in [0.2, 0.25) is 0 Å². The molecule has 0 unspecified atom stereocenters. The monoisotopic (exact) mass is 352 g/mol. The smallest absolute Gasteiger partial charge is 0.277 e. The normalized spacial score (nSPS) is 10.7. The van der Waals surface area contributed by atoms with Crippen molar-refractivity contribution in [1.29, 1.82) is 0 Å². The first-order valence-electron chi connectivity index (χ1n) is 8.53. The molecule has 3 rings (SSSR count). The molecule has 0 aliphatic carbocycles. The van der Waals surface area contributed by atoms with Gasteiger partial charge in [0.2, 0.25) is 5.91 Å². The molecule has 0 fully saturated rings. The van der Waals surface area contributed by atoms with E-state index in [2.05, 4.69) is 15.6 Å². The number of aryl methyl sites for hydroxylation is 1. The van der Waals surface area contributed by atoms with E-state index < -0.39 is 0 Å². The first-order chi connectivity index (χ1) is 12.7. The van der Waals surface area contributed by atoms with Gasteiger partial charge in [-0.3, -0.25) is 9.59 Å². The fourth-order valence-electron chi connectivity index (χ4n) is 2.50. The number of hydrogen-bond acceptors (Lipinski definition) is 5. The van der Waals surface area contributed by atoms with Gasteiger partial charge >= 0.3 is 0 Å². The third-order valence-corrected chi connectivity index (χ3v) is 3.80. The largest absolute Gasteiger partial charge is 0.491 e. The molecule has 0 aliphatic heterocycles. The van der Waals surface area contributed by atoms with Crippen LogP contribution < -0.4 is 15.6 Å². The van der Waals surface area contributed by atoms with Crippen LogP contribution in [0, 0.1) is 0 Å². The van der Waals surface area contributed by atoms with Crippen LogP contribution in [0.25, 0.3) is 10.9 Å². The highest BCUT2D eigenvalue weighted by Crippen LogP contribution is 2.24. The molecule has 0 atom stereocenters. The maximum Gasteiger partial charge on any atom is 0.277 e. The number of nitrogens with zero attached hydrogens (tertiary/aromatic N) is 3. The molecular formula is C19H20N4O3. The van der Waals surface area contributed by atoms with Crippen LogP contribution in [-0.4, -0.2) is 27.5 Å². The van der Waals surface area contributed by atoms with Crippen molar-refractivity contribution in [2.75, 3.05) is 11.9 Å². The van der Waals surface area contributed by atoms with Crippen LogP contribution in [0.5, 0.6) is 5.75 Å². The van der Waals surface area contributed by atoms with Crippen molar-refractivity contribution in [3.63, 3.8) is 0 Å². The van der Waals surface area contributed by atoms with Crippen molar-refractivity contribution in [2.45, 2.75) is 26.3 Å². The summed E-state index contributed by atoms with van der Waals surface area (Å²) in [5, 5.41) is 11.2. The lowest BCUT2D eigenvalue weighted by atomic mass is 10.2. The lowest BCUT2D eigenvalue weighted by Crippen LogP contribution is -2.26. The summed E-state index contributed by atoms with van der Waals surface area (Å²) in [5.41, 5.74) is 0.901. The predicted octanol–water partition coefficient (Wildman–Crippen LogP) is 2.61. The molecule has 1 aromatic heterocycles. The van der Waals surface area contributed by atoms with Gasteiger partial charge in [-0.15, -0.1) is 5.10 Å². The van der Waals surface area contributed by atoms with Crippen molar-refractivity contribution < 1.29 is 9.53 Å². The molecule has 0 radical (unpaired) electrons. The standard InChI is InChI=1S/C19H20N4O3/c1-2-13-26-17-10-6-5-9-16(17)20-18(24)11-12-23-19(25)14-7-3-4-8-15(14)21-22-23/h3-10H,2,11-13H2,1H3,(H,20,24). The summed E-state index contributed by atoms with van der Waals surface area (Å²) >= 11 is 0. The van der Waals surface area contributed by atoms with Crippen LogP contribution in [0.4, 0.5) is 5.69 Å². The summed E-state index contributed by atoms with van der Waals surface area (Å²) in [6.45, 7) is 2.75. The van der Waals surface area contributed by atoms with E-state index in [-0.39, 0.29) is 24.4 Å². The van der Waals surface area contributed by atoms with E-state index in [9.17, 15) is 9.59 Å². The van der Waals surface area contributed by atoms with Gasteiger partial charge in [0, 0.05) is 6.42 Å². The van der Waals surface area contributed by atoms with Crippen molar-refractivity contribution >= 4 is 22.5 Å². The number of para-hydroxylation sites is 2. The molecule has 0 aliphatic rings. The summed E-state index contributed by atoms with van der Waals surface area (Å²) in [6, 6.07) is 14.3. The van der Waals surface area contributed by atoms with Crippen molar-refractivity contribution in [1.82, 2.24) is 15.0 Å². The molecular weight excluding hydrogens is 332 g/mol. The molecule has 26 heavy (non-hydrogen) atoms. The third-order valence-electron chi connectivity index (χ3n) is 3.80. The Labute approximate surface area is 150 Å². The van der Waals surface area contributed by atoms with E-state index in [1.165, 1.54) is 4.68 Å². The van der Waals surface area contributed by atoms with Crippen molar-refractivity contribution in [3.05, 3.63) is 58.9 Å².